The van der Waals surface area contributed by atoms with Gasteiger partial charge in [-0.3, -0.25) is 4.79 Å². The first-order chi connectivity index (χ1) is 11.6. The largest absolute Gasteiger partial charge is 0.461 e. The topological polar surface area (TPSA) is 42.2 Å². The zero-order chi connectivity index (χ0) is 17.1. The van der Waals surface area contributed by atoms with Gasteiger partial charge in [0.2, 0.25) is 0 Å². The molecule has 1 amide bonds. The average molecular weight is 319 g/mol. The minimum Gasteiger partial charge on any atom is -0.461 e. The Morgan fingerprint density at radius 3 is 2.46 bits per heavy atom. The van der Waals surface area contributed by atoms with E-state index in [1.807, 2.05) is 68.4 Å². The number of para-hydroxylation sites is 1. The molecule has 0 spiro atoms. The lowest BCUT2D eigenvalue weighted by Gasteiger charge is -2.08. The maximum Gasteiger partial charge on any atom is 0.259 e. The van der Waals surface area contributed by atoms with Gasteiger partial charge in [0, 0.05) is 11.3 Å². The third kappa shape index (κ3) is 3.25. The van der Waals surface area contributed by atoms with Gasteiger partial charge in [0.1, 0.15) is 11.5 Å². The summed E-state index contributed by atoms with van der Waals surface area (Å²) in [5.74, 6) is 1.19. The van der Waals surface area contributed by atoms with E-state index in [4.69, 9.17) is 4.42 Å². The number of nitrogens with one attached hydrogen (secondary N) is 1. The third-order valence-corrected chi connectivity index (χ3v) is 4.14. The highest BCUT2D eigenvalue weighted by Gasteiger charge is 2.17. The molecule has 0 aliphatic rings. The van der Waals surface area contributed by atoms with Crippen molar-refractivity contribution in [3.63, 3.8) is 0 Å². The highest BCUT2D eigenvalue weighted by Crippen LogP contribution is 2.26. The maximum atomic E-state index is 12.6. The molecule has 0 fully saturated rings. The molecule has 1 N–H and O–H groups in total. The molecule has 1 aromatic heterocycles. The van der Waals surface area contributed by atoms with Crippen LogP contribution < -0.4 is 5.32 Å². The zero-order valence-corrected chi connectivity index (χ0v) is 14.2. The van der Waals surface area contributed by atoms with Gasteiger partial charge in [0.05, 0.1) is 5.56 Å². The highest BCUT2D eigenvalue weighted by molar-refractivity contribution is 6.06. The van der Waals surface area contributed by atoms with Crippen LogP contribution in [-0.2, 0) is 6.42 Å². The first-order valence-electron chi connectivity index (χ1n) is 8.15. The predicted octanol–water partition coefficient (Wildman–Crippen LogP) is 5.38. The monoisotopic (exact) mass is 319 g/mol. The third-order valence-electron chi connectivity index (χ3n) is 4.14. The molecule has 0 bridgehead atoms. The Bertz CT molecular complexity index is 860. The van der Waals surface area contributed by atoms with Crippen molar-refractivity contribution < 1.29 is 9.21 Å². The number of hydrogen-bond acceptors (Lipinski definition) is 2. The van der Waals surface area contributed by atoms with Gasteiger partial charge >= 0.3 is 0 Å². The Hall–Kier alpha value is -2.81. The molecule has 24 heavy (non-hydrogen) atoms. The Labute approximate surface area is 142 Å². The SMILES string of the molecule is CCc1ccccc1NC(=O)c1cc(-c2ccc(C)cc2)oc1C. The predicted molar refractivity (Wildman–Crippen MR) is 97.4 cm³/mol. The summed E-state index contributed by atoms with van der Waals surface area (Å²) in [5, 5.41) is 2.99. The van der Waals surface area contributed by atoms with E-state index < -0.39 is 0 Å². The summed E-state index contributed by atoms with van der Waals surface area (Å²) in [6.07, 6.45) is 0.870. The van der Waals surface area contributed by atoms with E-state index in [9.17, 15) is 4.79 Å². The molecule has 0 saturated heterocycles. The van der Waals surface area contributed by atoms with E-state index in [0.717, 1.165) is 23.2 Å². The summed E-state index contributed by atoms with van der Waals surface area (Å²) in [6, 6.07) is 17.7. The first kappa shape index (κ1) is 16.1. The van der Waals surface area contributed by atoms with Crippen LogP contribution in [0.25, 0.3) is 11.3 Å². The van der Waals surface area contributed by atoms with E-state index in [2.05, 4.69) is 12.2 Å². The second-order valence-electron chi connectivity index (χ2n) is 5.91. The van der Waals surface area contributed by atoms with Gasteiger partial charge in [-0.25, -0.2) is 0 Å². The zero-order valence-electron chi connectivity index (χ0n) is 14.2. The van der Waals surface area contributed by atoms with Crippen LogP contribution in [0.1, 0.15) is 34.2 Å². The van der Waals surface area contributed by atoms with Crippen molar-refractivity contribution in [2.24, 2.45) is 0 Å². The Balaban J connectivity index is 1.87. The number of benzene rings is 2. The van der Waals surface area contributed by atoms with Gasteiger partial charge in [0.25, 0.3) is 5.91 Å². The van der Waals surface area contributed by atoms with E-state index in [1.165, 1.54) is 5.56 Å². The summed E-state index contributed by atoms with van der Waals surface area (Å²) in [4.78, 5) is 12.6. The van der Waals surface area contributed by atoms with Crippen molar-refractivity contribution >= 4 is 11.6 Å². The van der Waals surface area contributed by atoms with Crippen molar-refractivity contribution in [2.45, 2.75) is 27.2 Å². The average Bonchev–Trinajstić information content (AvgIpc) is 2.98. The lowest BCUT2D eigenvalue weighted by molar-refractivity contribution is 0.102. The van der Waals surface area contributed by atoms with Crippen LogP contribution in [0, 0.1) is 13.8 Å². The fourth-order valence-electron chi connectivity index (χ4n) is 2.71. The highest BCUT2D eigenvalue weighted by atomic mass is 16.3. The molecular formula is C21H21NO2. The van der Waals surface area contributed by atoms with Crippen LogP contribution in [0.3, 0.4) is 0 Å². The number of carbonyl (C=O) groups is 1. The number of carbonyl (C=O) groups excluding carboxylic acids is 1. The van der Waals surface area contributed by atoms with Gasteiger partial charge in [0.15, 0.2) is 0 Å². The molecule has 122 valence electrons. The van der Waals surface area contributed by atoms with Crippen LogP contribution in [0.2, 0.25) is 0 Å². The van der Waals surface area contributed by atoms with Gasteiger partial charge in [-0.2, -0.15) is 0 Å². The summed E-state index contributed by atoms with van der Waals surface area (Å²) >= 11 is 0. The number of hydrogen-bond donors (Lipinski definition) is 1. The lowest BCUT2D eigenvalue weighted by atomic mass is 10.1. The molecule has 0 atom stereocenters. The summed E-state index contributed by atoms with van der Waals surface area (Å²) in [6.45, 7) is 5.93. The number of rotatable bonds is 4. The fourth-order valence-corrected chi connectivity index (χ4v) is 2.71. The maximum absolute atomic E-state index is 12.6. The Morgan fingerprint density at radius 2 is 1.75 bits per heavy atom. The van der Waals surface area contributed by atoms with E-state index in [1.54, 1.807) is 0 Å². The van der Waals surface area contributed by atoms with Gasteiger partial charge < -0.3 is 9.73 Å². The van der Waals surface area contributed by atoms with E-state index in [-0.39, 0.29) is 5.91 Å². The van der Waals surface area contributed by atoms with Gasteiger partial charge in [-0.15, -0.1) is 0 Å². The molecular weight excluding hydrogens is 298 g/mol. The molecule has 0 unspecified atom stereocenters. The van der Waals surface area contributed by atoms with Crippen molar-refractivity contribution in [1.82, 2.24) is 0 Å². The quantitative estimate of drug-likeness (QED) is 0.701. The number of aryl methyl sites for hydroxylation is 3. The fraction of sp³-hybridized carbons (Fsp3) is 0.190. The molecule has 0 aliphatic carbocycles. The molecule has 3 heteroatoms. The minimum absolute atomic E-state index is 0.143. The van der Waals surface area contributed by atoms with Crippen LogP contribution in [0.5, 0.6) is 0 Å². The smallest absolute Gasteiger partial charge is 0.259 e. The molecule has 1 heterocycles. The summed E-state index contributed by atoms with van der Waals surface area (Å²) in [7, 11) is 0. The molecule has 0 saturated carbocycles. The van der Waals surface area contributed by atoms with Gasteiger partial charge in [-0.05, 0) is 38.0 Å². The van der Waals surface area contributed by atoms with Gasteiger partial charge in [-0.1, -0.05) is 55.0 Å². The Kier molecular flexibility index (Phi) is 4.52. The molecule has 3 aromatic rings. The molecule has 3 rings (SSSR count). The first-order valence-corrected chi connectivity index (χ1v) is 8.15. The van der Waals surface area contributed by atoms with Crippen LogP contribution in [0.4, 0.5) is 5.69 Å². The van der Waals surface area contributed by atoms with Crippen LogP contribution in [0.15, 0.2) is 59.0 Å². The summed E-state index contributed by atoms with van der Waals surface area (Å²) < 4.78 is 5.80. The van der Waals surface area contributed by atoms with Crippen molar-refractivity contribution in [1.29, 1.82) is 0 Å². The van der Waals surface area contributed by atoms with Crippen LogP contribution in [-0.4, -0.2) is 5.91 Å². The molecule has 0 radical (unpaired) electrons. The minimum atomic E-state index is -0.143. The number of furan rings is 1. The van der Waals surface area contributed by atoms with Crippen LogP contribution >= 0.6 is 0 Å². The standard InChI is InChI=1S/C21H21NO2/c1-4-16-7-5-6-8-19(16)22-21(23)18-13-20(24-15(18)3)17-11-9-14(2)10-12-17/h5-13H,4H2,1-3H3,(H,22,23). The van der Waals surface area contributed by atoms with Crippen molar-refractivity contribution in [2.75, 3.05) is 5.32 Å². The Morgan fingerprint density at radius 1 is 1.04 bits per heavy atom. The van der Waals surface area contributed by atoms with Crippen molar-refractivity contribution in [3.8, 4) is 11.3 Å². The lowest BCUT2D eigenvalue weighted by Crippen LogP contribution is -2.13. The number of amides is 1. The summed E-state index contributed by atoms with van der Waals surface area (Å²) in [5.41, 5.74) is 4.69. The van der Waals surface area contributed by atoms with E-state index in [0.29, 0.717) is 17.1 Å². The van der Waals surface area contributed by atoms with Crippen molar-refractivity contribution in [3.05, 3.63) is 77.0 Å². The second kappa shape index (κ2) is 6.75. The second-order valence-corrected chi connectivity index (χ2v) is 5.91. The molecule has 3 nitrogen and oxygen atoms in total. The molecule has 2 aromatic carbocycles. The normalized spacial score (nSPS) is 10.6. The molecule has 0 aliphatic heterocycles. The van der Waals surface area contributed by atoms with E-state index >= 15 is 0 Å². The number of anilines is 1.